The van der Waals surface area contributed by atoms with E-state index in [1.54, 1.807) is 25.3 Å². The van der Waals surface area contributed by atoms with Crippen molar-refractivity contribution >= 4 is 35.0 Å². The van der Waals surface area contributed by atoms with E-state index in [1.165, 1.54) is 17.8 Å². The molecule has 20 heavy (non-hydrogen) atoms. The number of carbonyl (C=O) groups is 1. The standard InChI is InChI=1S/C14H12ClNO3S/c1-19-9-2-4-10(5-3-9)20-13-11(14(17)18)6-8(16)7-12(13)15/h2-7H,16H2,1H3,(H,17,18). The molecule has 0 aromatic heterocycles. The van der Waals surface area contributed by atoms with Crippen LogP contribution in [-0.2, 0) is 0 Å². The summed E-state index contributed by atoms with van der Waals surface area (Å²) in [6, 6.07) is 10.2. The molecule has 0 saturated heterocycles. The fourth-order valence-electron chi connectivity index (χ4n) is 1.64. The molecule has 0 aliphatic heterocycles. The number of methoxy groups -OCH3 is 1. The molecule has 4 nitrogen and oxygen atoms in total. The zero-order valence-corrected chi connectivity index (χ0v) is 12.2. The van der Waals surface area contributed by atoms with Crippen LogP contribution in [0.15, 0.2) is 46.2 Å². The van der Waals surface area contributed by atoms with Crippen molar-refractivity contribution in [2.45, 2.75) is 9.79 Å². The molecule has 3 N–H and O–H groups in total. The number of hydrogen-bond acceptors (Lipinski definition) is 4. The van der Waals surface area contributed by atoms with Crippen molar-refractivity contribution in [1.29, 1.82) is 0 Å². The van der Waals surface area contributed by atoms with Gasteiger partial charge in [-0.25, -0.2) is 4.79 Å². The minimum atomic E-state index is -1.06. The van der Waals surface area contributed by atoms with Crippen LogP contribution in [0.4, 0.5) is 5.69 Å². The fraction of sp³-hybridized carbons (Fsp3) is 0.0714. The molecule has 0 fully saturated rings. The van der Waals surface area contributed by atoms with Crippen LogP contribution in [0.2, 0.25) is 5.02 Å². The quantitative estimate of drug-likeness (QED) is 0.841. The maximum atomic E-state index is 11.3. The Morgan fingerprint density at radius 3 is 2.50 bits per heavy atom. The Labute approximate surface area is 125 Å². The highest BCUT2D eigenvalue weighted by molar-refractivity contribution is 7.99. The second kappa shape index (κ2) is 6.07. The van der Waals surface area contributed by atoms with Gasteiger partial charge in [0.25, 0.3) is 0 Å². The third kappa shape index (κ3) is 3.18. The van der Waals surface area contributed by atoms with Crippen LogP contribution < -0.4 is 10.5 Å². The van der Waals surface area contributed by atoms with E-state index in [4.69, 9.17) is 22.1 Å². The van der Waals surface area contributed by atoms with Crippen LogP contribution in [0.5, 0.6) is 5.75 Å². The maximum Gasteiger partial charge on any atom is 0.336 e. The lowest BCUT2D eigenvalue weighted by Gasteiger charge is -2.10. The maximum absolute atomic E-state index is 11.3. The number of carboxylic acids is 1. The van der Waals surface area contributed by atoms with Crippen molar-refractivity contribution in [2.75, 3.05) is 12.8 Å². The number of benzene rings is 2. The highest BCUT2D eigenvalue weighted by atomic mass is 35.5. The normalized spacial score (nSPS) is 10.3. The first-order valence-electron chi connectivity index (χ1n) is 5.65. The summed E-state index contributed by atoms with van der Waals surface area (Å²) in [6.07, 6.45) is 0. The van der Waals surface area contributed by atoms with E-state index in [9.17, 15) is 9.90 Å². The zero-order valence-electron chi connectivity index (χ0n) is 10.6. The Balaban J connectivity index is 2.39. The van der Waals surface area contributed by atoms with E-state index in [1.807, 2.05) is 12.1 Å². The van der Waals surface area contributed by atoms with Gasteiger partial charge in [-0.1, -0.05) is 23.4 Å². The molecular formula is C14H12ClNO3S. The molecule has 0 spiro atoms. The molecule has 2 aromatic rings. The number of ether oxygens (including phenoxy) is 1. The van der Waals surface area contributed by atoms with Gasteiger partial charge in [0.05, 0.1) is 17.7 Å². The molecular weight excluding hydrogens is 298 g/mol. The Morgan fingerprint density at radius 2 is 1.95 bits per heavy atom. The Hall–Kier alpha value is -1.85. The number of nitrogen functional groups attached to an aromatic ring is 1. The third-order valence-electron chi connectivity index (χ3n) is 2.58. The molecule has 0 atom stereocenters. The summed E-state index contributed by atoms with van der Waals surface area (Å²) in [5.41, 5.74) is 6.04. The summed E-state index contributed by atoms with van der Waals surface area (Å²) in [5.74, 6) is -0.327. The lowest BCUT2D eigenvalue weighted by molar-refractivity contribution is 0.0693. The first-order chi connectivity index (χ1) is 9.51. The molecule has 104 valence electrons. The van der Waals surface area contributed by atoms with Gasteiger partial charge in [-0.05, 0) is 36.4 Å². The van der Waals surface area contributed by atoms with E-state index < -0.39 is 5.97 Å². The second-order valence-electron chi connectivity index (χ2n) is 3.96. The Kier molecular flexibility index (Phi) is 4.42. The molecule has 0 amide bonds. The average Bonchev–Trinajstić information content (AvgIpc) is 2.42. The minimum Gasteiger partial charge on any atom is -0.497 e. The lowest BCUT2D eigenvalue weighted by atomic mass is 10.2. The monoisotopic (exact) mass is 309 g/mol. The SMILES string of the molecule is COc1ccc(Sc2c(Cl)cc(N)cc2C(=O)O)cc1. The summed E-state index contributed by atoms with van der Waals surface area (Å²) in [6.45, 7) is 0. The molecule has 0 aliphatic carbocycles. The first-order valence-corrected chi connectivity index (χ1v) is 6.85. The summed E-state index contributed by atoms with van der Waals surface area (Å²) >= 11 is 7.37. The zero-order chi connectivity index (χ0) is 14.7. The summed E-state index contributed by atoms with van der Waals surface area (Å²) < 4.78 is 5.07. The summed E-state index contributed by atoms with van der Waals surface area (Å²) in [4.78, 5) is 12.6. The largest absolute Gasteiger partial charge is 0.497 e. The Morgan fingerprint density at radius 1 is 1.30 bits per heavy atom. The van der Waals surface area contributed by atoms with Crippen LogP contribution in [0, 0.1) is 0 Å². The van der Waals surface area contributed by atoms with Crippen LogP contribution >= 0.6 is 23.4 Å². The van der Waals surface area contributed by atoms with E-state index >= 15 is 0 Å². The predicted octanol–water partition coefficient (Wildman–Crippen LogP) is 3.78. The van der Waals surface area contributed by atoms with Crippen molar-refractivity contribution in [3.63, 3.8) is 0 Å². The third-order valence-corrected chi connectivity index (χ3v) is 4.14. The van der Waals surface area contributed by atoms with Gasteiger partial charge in [-0.15, -0.1) is 0 Å². The molecule has 0 radical (unpaired) electrons. The van der Waals surface area contributed by atoms with E-state index in [-0.39, 0.29) is 5.56 Å². The van der Waals surface area contributed by atoms with Gasteiger partial charge in [-0.2, -0.15) is 0 Å². The molecule has 0 aliphatic rings. The number of aromatic carboxylic acids is 1. The van der Waals surface area contributed by atoms with Crippen LogP contribution in [0.25, 0.3) is 0 Å². The van der Waals surface area contributed by atoms with E-state index in [0.29, 0.717) is 15.6 Å². The topological polar surface area (TPSA) is 72.5 Å². The van der Waals surface area contributed by atoms with Crippen LogP contribution in [-0.4, -0.2) is 18.2 Å². The van der Waals surface area contributed by atoms with Gasteiger partial charge in [0.2, 0.25) is 0 Å². The van der Waals surface area contributed by atoms with Crippen molar-refractivity contribution < 1.29 is 14.6 Å². The molecule has 2 aromatic carbocycles. The second-order valence-corrected chi connectivity index (χ2v) is 5.45. The molecule has 2 rings (SSSR count). The first kappa shape index (κ1) is 14.6. The number of hydrogen-bond donors (Lipinski definition) is 2. The van der Waals surface area contributed by atoms with Crippen LogP contribution in [0.1, 0.15) is 10.4 Å². The van der Waals surface area contributed by atoms with Gasteiger partial charge in [0.1, 0.15) is 5.75 Å². The van der Waals surface area contributed by atoms with Crippen LogP contribution in [0.3, 0.4) is 0 Å². The van der Waals surface area contributed by atoms with E-state index in [2.05, 4.69) is 0 Å². The molecule has 0 bridgehead atoms. The van der Waals surface area contributed by atoms with E-state index in [0.717, 1.165) is 10.6 Å². The Bertz CT molecular complexity index is 644. The van der Waals surface area contributed by atoms with Crippen molar-refractivity contribution in [3.05, 3.63) is 47.0 Å². The minimum absolute atomic E-state index is 0.0934. The number of halogens is 1. The summed E-state index contributed by atoms with van der Waals surface area (Å²) in [7, 11) is 1.58. The molecule has 0 heterocycles. The van der Waals surface area contributed by atoms with Gasteiger partial charge in [0.15, 0.2) is 0 Å². The predicted molar refractivity (Wildman–Crippen MR) is 79.9 cm³/mol. The van der Waals surface area contributed by atoms with Crippen molar-refractivity contribution in [1.82, 2.24) is 0 Å². The smallest absolute Gasteiger partial charge is 0.336 e. The van der Waals surface area contributed by atoms with Gasteiger partial charge in [0, 0.05) is 15.5 Å². The number of anilines is 1. The molecule has 0 saturated carbocycles. The lowest BCUT2D eigenvalue weighted by Crippen LogP contribution is -2.01. The van der Waals surface area contributed by atoms with Crippen molar-refractivity contribution in [2.24, 2.45) is 0 Å². The number of rotatable bonds is 4. The van der Waals surface area contributed by atoms with Gasteiger partial charge < -0.3 is 15.6 Å². The highest BCUT2D eigenvalue weighted by Gasteiger charge is 2.16. The summed E-state index contributed by atoms with van der Waals surface area (Å²) in [5, 5.41) is 9.55. The number of nitrogens with two attached hydrogens (primary N) is 1. The number of carboxylic acid groups (broad SMARTS) is 1. The van der Waals surface area contributed by atoms with Gasteiger partial charge >= 0.3 is 5.97 Å². The highest BCUT2D eigenvalue weighted by Crippen LogP contribution is 2.38. The fourth-order valence-corrected chi connectivity index (χ4v) is 2.90. The van der Waals surface area contributed by atoms with Gasteiger partial charge in [-0.3, -0.25) is 0 Å². The molecule has 6 heteroatoms. The average molecular weight is 310 g/mol. The van der Waals surface area contributed by atoms with Crippen molar-refractivity contribution in [3.8, 4) is 5.75 Å². The molecule has 0 unspecified atom stereocenters.